The van der Waals surface area contributed by atoms with Gasteiger partial charge in [-0.15, -0.1) is 0 Å². The second kappa shape index (κ2) is 9.61. The van der Waals surface area contributed by atoms with Gasteiger partial charge in [-0.3, -0.25) is 15.1 Å². The van der Waals surface area contributed by atoms with Crippen LogP contribution < -0.4 is 20.1 Å². The van der Waals surface area contributed by atoms with Crippen LogP contribution in [0.15, 0.2) is 60.8 Å². The first-order valence-corrected chi connectivity index (χ1v) is 9.77. The molecule has 0 atom stereocenters. The third-order valence-corrected chi connectivity index (χ3v) is 4.46. The van der Waals surface area contributed by atoms with Gasteiger partial charge >= 0.3 is 12.0 Å². The minimum atomic E-state index is -0.770. The number of para-hydroxylation sites is 1. The van der Waals surface area contributed by atoms with Gasteiger partial charge in [-0.25, -0.2) is 9.59 Å². The number of carbonyl (C=O) groups is 3. The lowest BCUT2D eigenvalue weighted by atomic mass is 10.1. The van der Waals surface area contributed by atoms with E-state index in [9.17, 15) is 14.4 Å². The van der Waals surface area contributed by atoms with E-state index in [-0.39, 0.29) is 0 Å². The average molecular weight is 433 g/mol. The number of pyridine rings is 1. The van der Waals surface area contributed by atoms with Crippen molar-refractivity contribution in [3.63, 3.8) is 0 Å². The summed E-state index contributed by atoms with van der Waals surface area (Å²) in [7, 11) is 0. The van der Waals surface area contributed by atoms with Gasteiger partial charge in [-0.1, -0.05) is 24.3 Å². The highest BCUT2D eigenvalue weighted by molar-refractivity contribution is 6.02. The predicted octanol–water partition coefficient (Wildman–Crippen LogP) is 2.91. The lowest BCUT2D eigenvalue weighted by Gasteiger charge is -2.19. The fourth-order valence-corrected chi connectivity index (χ4v) is 3.05. The molecular formula is C23H19N3O6. The van der Waals surface area contributed by atoms with Crippen LogP contribution >= 0.6 is 0 Å². The smallest absolute Gasteiger partial charge is 0.331 e. The highest BCUT2D eigenvalue weighted by atomic mass is 16.6. The molecular weight excluding hydrogens is 414 g/mol. The molecule has 3 amide bonds. The Kier molecular flexibility index (Phi) is 6.26. The van der Waals surface area contributed by atoms with E-state index in [1.165, 1.54) is 6.08 Å². The molecule has 0 unspecified atom stereocenters. The Morgan fingerprint density at radius 3 is 2.72 bits per heavy atom. The van der Waals surface area contributed by atoms with Gasteiger partial charge in [-0.2, -0.15) is 0 Å². The number of esters is 1. The van der Waals surface area contributed by atoms with Crippen LogP contribution in [-0.2, 0) is 14.3 Å². The summed E-state index contributed by atoms with van der Waals surface area (Å²) in [6.45, 7) is 0.269. The molecule has 3 aromatic rings. The second-order valence-corrected chi connectivity index (χ2v) is 6.72. The highest BCUT2D eigenvalue weighted by Gasteiger charge is 2.14. The van der Waals surface area contributed by atoms with Crippen LogP contribution in [0.1, 0.15) is 5.56 Å². The standard InChI is InChI=1S/C23H19N3O6/c27-20(26-23(29)25-17-7-8-18-19(13-17)31-12-11-30-18)14-32-21(28)9-6-16-4-1-3-15-5-2-10-24-22(15)16/h1-10,13H,11-12,14H2,(H2,25,26,27,29)/b9-6+. The van der Waals surface area contributed by atoms with E-state index in [0.29, 0.717) is 30.4 Å². The Bertz CT molecular complexity index is 1200. The Labute approximate surface area is 183 Å². The number of nitrogens with one attached hydrogen (secondary N) is 2. The lowest BCUT2D eigenvalue weighted by molar-refractivity contribution is -0.143. The Balaban J connectivity index is 1.25. The average Bonchev–Trinajstić information content (AvgIpc) is 2.81. The first-order valence-electron chi connectivity index (χ1n) is 9.77. The summed E-state index contributed by atoms with van der Waals surface area (Å²) in [5.41, 5.74) is 1.90. The van der Waals surface area contributed by atoms with Crippen LogP contribution in [0, 0.1) is 0 Å². The van der Waals surface area contributed by atoms with Crippen molar-refractivity contribution in [2.45, 2.75) is 0 Å². The molecule has 1 aromatic heterocycles. The molecule has 0 saturated carbocycles. The fourth-order valence-electron chi connectivity index (χ4n) is 3.05. The molecule has 0 aliphatic carbocycles. The van der Waals surface area contributed by atoms with Gasteiger partial charge in [0, 0.05) is 35.0 Å². The predicted molar refractivity (Wildman–Crippen MR) is 116 cm³/mol. The first-order chi connectivity index (χ1) is 15.6. The molecule has 1 aliphatic rings. The van der Waals surface area contributed by atoms with Gasteiger partial charge in [0.25, 0.3) is 5.91 Å². The molecule has 0 spiro atoms. The maximum atomic E-state index is 12.0. The van der Waals surface area contributed by atoms with Crippen LogP contribution in [0.2, 0.25) is 0 Å². The fraction of sp³-hybridized carbons (Fsp3) is 0.130. The Hall–Kier alpha value is -4.40. The number of aromatic nitrogens is 1. The molecule has 4 rings (SSSR count). The molecule has 0 radical (unpaired) electrons. The van der Waals surface area contributed by atoms with Gasteiger partial charge in [0.15, 0.2) is 18.1 Å². The van der Waals surface area contributed by atoms with Crippen LogP contribution in [-0.4, -0.2) is 42.7 Å². The molecule has 9 heteroatoms. The van der Waals surface area contributed by atoms with Crippen molar-refractivity contribution in [3.05, 3.63) is 66.4 Å². The van der Waals surface area contributed by atoms with E-state index in [0.717, 1.165) is 16.5 Å². The summed E-state index contributed by atoms with van der Waals surface area (Å²) in [6, 6.07) is 13.4. The molecule has 2 N–H and O–H groups in total. The summed E-state index contributed by atoms with van der Waals surface area (Å²) < 4.78 is 15.7. The molecule has 32 heavy (non-hydrogen) atoms. The van der Waals surface area contributed by atoms with Crippen LogP contribution in [0.25, 0.3) is 17.0 Å². The summed E-state index contributed by atoms with van der Waals surface area (Å²) in [6.07, 6.45) is 4.43. The number of fused-ring (bicyclic) bond motifs is 2. The van der Waals surface area contributed by atoms with Gasteiger partial charge in [-0.05, 0) is 24.3 Å². The van der Waals surface area contributed by atoms with E-state index in [2.05, 4.69) is 15.6 Å². The third-order valence-electron chi connectivity index (χ3n) is 4.46. The Morgan fingerprint density at radius 2 is 1.84 bits per heavy atom. The number of imide groups is 1. The normalized spacial score (nSPS) is 12.4. The summed E-state index contributed by atoms with van der Waals surface area (Å²) in [4.78, 5) is 40.1. The molecule has 0 bridgehead atoms. The summed E-state index contributed by atoms with van der Waals surface area (Å²) in [5.74, 6) is -0.408. The summed E-state index contributed by atoms with van der Waals surface area (Å²) >= 11 is 0. The molecule has 0 fully saturated rings. The van der Waals surface area contributed by atoms with Crippen molar-refractivity contribution in [3.8, 4) is 11.5 Å². The van der Waals surface area contributed by atoms with Crippen molar-refractivity contribution in [1.29, 1.82) is 0 Å². The van der Waals surface area contributed by atoms with Crippen LogP contribution in [0.5, 0.6) is 11.5 Å². The largest absolute Gasteiger partial charge is 0.486 e. The maximum absolute atomic E-state index is 12.0. The molecule has 0 saturated heterocycles. The monoisotopic (exact) mass is 433 g/mol. The number of hydrogen-bond donors (Lipinski definition) is 2. The molecule has 1 aliphatic heterocycles. The minimum Gasteiger partial charge on any atom is -0.486 e. The van der Waals surface area contributed by atoms with E-state index in [1.807, 2.05) is 30.3 Å². The van der Waals surface area contributed by atoms with Crippen molar-refractivity contribution < 1.29 is 28.6 Å². The van der Waals surface area contributed by atoms with Gasteiger partial charge in [0.05, 0.1) is 5.52 Å². The van der Waals surface area contributed by atoms with Gasteiger partial charge in [0.2, 0.25) is 0 Å². The SMILES string of the molecule is O=C(COC(=O)/C=C/c1cccc2cccnc12)NC(=O)Nc1ccc2c(c1)OCCO2. The zero-order chi connectivity index (χ0) is 22.3. The van der Waals surface area contributed by atoms with Crippen molar-refractivity contribution in [2.24, 2.45) is 0 Å². The zero-order valence-corrected chi connectivity index (χ0v) is 16.9. The Morgan fingerprint density at radius 1 is 1.03 bits per heavy atom. The zero-order valence-electron chi connectivity index (χ0n) is 16.9. The quantitative estimate of drug-likeness (QED) is 0.469. The topological polar surface area (TPSA) is 116 Å². The number of rotatable bonds is 5. The number of benzene rings is 2. The van der Waals surface area contributed by atoms with Crippen molar-refractivity contribution in [1.82, 2.24) is 10.3 Å². The highest BCUT2D eigenvalue weighted by Crippen LogP contribution is 2.32. The van der Waals surface area contributed by atoms with E-state index < -0.39 is 24.5 Å². The van der Waals surface area contributed by atoms with Crippen molar-refractivity contribution >= 4 is 40.6 Å². The van der Waals surface area contributed by atoms with Crippen LogP contribution in [0.4, 0.5) is 10.5 Å². The molecule has 162 valence electrons. The van der Waals surface area contributed by atoms with E-state index >= 15 is 0 Å². The van der Waals surface area contributed by atoms with E-state index in [1.54, 1.807) is 30.5 Å². The molecule has 2 aromatic carbocycles. The number of ether oxygens (including phenoxy) is 3. The molecule has 9 nitrogen and oxygen atoms in total. The van der Waals surface area contributed by atoms with Crippen LogP contribution in [0.3, 0.4) is 0 Å². The van der Waals surface area contributed by atoms with Crippen molar-refractivity contribution in [2.75, 3.05) is 25.1 Å². The van der Waals surface area contributed by atoms with Gasteiger partial charge in [0.1, 0.15) is 13.2 Å². The lowest BCUT2D eigenvalue weighted by Crippen LogP contribution is -2.37. The minimum absolute atomic E-state index is 0.415. The number of hydrogen-bond acceptors (Lipinski definition) is 7. The number of nitrogens with zero attached hydrogens (tertiary/aromatic N) is 1. The number of urea groups is 1. The summed E-state index contributed by atoms with van der Waals surface area (Å²) in [5, 5.41) is 5.53. The second-order valence-electron chi connectivity index (χ2n) is 6.72. The first kappa shape index (κ1) is 20.9. The van der Waals surface area contributed by atoms with Gasteiger partial charge < -0.3 is 19.5 Å². The molecule has 2 heterocycles. The maximum Gasteiger partial charge on any atom is 0.331 e. The third kappa shape index (κ3) is 5.20. The number of carbonyl (C=O) groups excluding carboxylic acids is 3. The number of anilines is 1. The van der Waals surface area contributed by atoms with E-state index in [4.69, 9.17) is 14.2 Å². The number of amides is 3.